The summed E-state index contributed by atoms with van der Waals surface area (Å²) < 4.78 is 0. The second-order valence-corrected chi connectivity index (χ2v) is 10.3. The minimum atomic E-state index is -0.482. The van der Waals surface area contributed by atoms with Crippen molar-refractivity contribution in [3.8, 4) is 0 Å². The number of piperazine rings is 1. The molecule has 2 aliphatic rings. The van der Waals surface area contributed by atoms with Crippen molar-refractivity contribution in [1.29, 1.82) is 0 Å². The van der Waals surface area contributed by atoms with Crippen molar-refractivity contribution in [2.45, 2.75) is 19.4 Å². The van der Waals surface area contributed by atoms with Gasteiger partial charge in [-0.3, -0.25) is 24.6 Å². The van der Waals surface area contributed by atoms with Crippen LogP contribution in [0.3, 0.4) is 0 Å². The molecule has 5 rings (SSSR count). The summed E-state index contributed by atoms with van der Waals surface area (Å²) in [5.74, 6) is -0.0904. The number of thiophene rings is 1. The molecule has 186 valence electrons. The number of hydrogen-bond donors (Lipinski definition) is 0. The SMILES string of the molecule is Cc1ccccc1C1c2ccsc2CCN1CC(=O)N1CCN(C(=O)c2ccc([N+](=O)[O-])cc2)CC1. The second-order valence-electron chi connectivity index (χ2n) is 9.26. The van der Waals surface area contributed by atoms with Crippen LogP contribution in [0, 0.1) is 17.0 Å². The molecule has 0 bridgehead atoms. The number of rotatable bonds is 5. The van der Waals surface area contributed by atoms with Crippen LogP contribution in [0.25, 0.3) is 0 Å². The summed E-state index contributed by atoms with van der Waals surface area (Å²) in [5, 5.41) is 13.0. The average molecular weight is 505 g/mol. The lowest BCUT2D eigenvalue weighted by Crippen LogP contribution is -2.53. The van der Waals surface area contributed by atoms with E-state index in [0.29, 0.717) is 38.3 Å². The molecule has 2 aromatic carbocycles. The maximum Gasteiger partial charge on any atom is 0.269 e. The molecule has 1 aromatic heterocycles. The molecule has 0 aliphatic carbocycles. The highest BCUT2D eigenvalue weighted by atomic mass is 32.1. The van der Waals surface area contributed by atoms with Gasteiger partial charge in [-0.2, -0.15) is 0 Å². The van der Waals surface area contributed by atoms with E-state index in [1.54, 1.807) is 16.2 Å². The lowest BCUT2D eigenvalue weighted by atomic mass is 9.90. The lowest BCUT2D eigenvalue weighted by Gasteiger charge is -2.39. The summed E-state index contributed by atoms with van der Waals surface area (Å²) in [4.78, 5) is 43.8. The van der Waals surface area contributed by atoms with E-state index in [9.17, 15) is 19.7 Å². The van der Waals surface area contributed by atoms with Crippen LogP contribution in [0.2, 0.25) is 0 Å². The zero-order valence-corrected chi connectivity index (χ0v) is 20.9. The third-order valence-electron chi connectivity index (χ3n) is 7.13. The van der Waals surface area contributed by atoms with Gasteiger partial charge in [-0.05, 0) is 53.6 Å². The first kappa shape index (κ1) is 24.1. The van der Waals surface area contributed by atoms with Crippen LogP contribution in [-0.2, 0) is 11.2 Å². The van der Waals surface area contributed by atoms with Gasteiger partial charge in [-0.15, -0.1) is 11.3 Å². The Hall–Kier alpha value is -3.56. The van der Waals surface area contributed by atoms with E-state index >= 15 is 0 Å². The van der Waals surface area contributed by atoms with Gasteiger partial charge in [-0.25, -0.2) is 0 Å². The lowest BCUT2D eigenvalue weighted by molar-refractivity contribution is -0.384. The maximum atomic E-state index is 13.3. The van der Waals surface area contributed by atoms with E-state index in [1.807, 2.05) is 11.0 Å². The summed E-state index contributed by atoms with van der Waals surface area (Å²) in [6.45, 7) is 5.13. The van der Waals surface area contributed by atoms with Gasteiger partial charge in [0.2, 0.25) is 5.91 Å². The van der Waals surface area contributed by atoms with Gasteiger partial charge in [-0.1, -0.05) is 24.3 Å². The molecule has 3 heterocycles. The summed E-state index contributed by atoms with van der Waals surface area (Å²) >= 11 is 1.79. The van der Waals surface area contributed by atoms with Gasteiger partial charge in [0, 0.05) is 55.3 Å². The number of nitro benzene ring substituents is 1. The average Bonchev–Trinajstić information content (AvgIpc) is 3.38. The first-order valence-electron chi connectivity index (χ1n) is 12.1. The summed E-state index contributed by atoms with van der Waals surface area (Å²) in [6, 6.07) is 16.3. The molecular formula is C27H28N4O4S. The highest BCUT2D eigenvalue weighted by Crippen LogP contribution is 2.38. The molecule has 0 saturated carbocycles. The first-order chi connectivity index (χ1) is 17.4. The van der Waals surface area contributed by atoms with Crippen molar-refractivity contribution >= 4 is 28.8 Å². The Bertz CT molecular complexity index is 1280. The van der Waals surface area contributed by atoms with E-state index in [0.717, 1.165) is 13.0 Å². The number of fused-ring (bicyclic) bond motifs is 1. The minimum absolute atomic E-state index is 0.0433. The van der Waals surface area contributed by atoms with Gasteiger partial charge in [0.1, 0.15) is 0 Å². The Morgan fingerprint density at radius 3 is 2.33 bits per heavy atom. The molecule has 9 heteroatoms. The zero-order chi connectivity index (χ0) is 25.2. The molecule has 1 unspecified atom stereocenters. The Balaban J connectivity index is 1.24. The number of carbonyl (C=O) groups is 2. The smallest absolute Gasteiger partial charge is 0.269 e. The van der Waals surface area contributed by atoms with Crippen molar-refractivity contribution in [1.82, 2.24) is 14.7 Å². The molecule has 0 N–H and O–H groups in total. The molecule has 3 aromatic rings. The van der Waals surface area contributed by atoms with Crippen molar-refractivity contribution in [2.75, 3.05) is 39.3 Å². The van der Waals surface area contributed by atoms with E-state index in [-0.39, 0.29) is 23.5 Å². The second kappa shape index (κ2) is 10.2. The Morgan fingerprint density at radius 2 is 1.64 bits per heavy atom. The minimum Gasteiger partial charge on any atom is -0.338 e. The van der Waals surface area contributed by atoms with Crippen LogP contribution in [0.5, 0.6) is 0 Å². The van der Waals surface area contributed by atoms with Gasteiger partial charge < -0.3 is 9.80 Å². The monoisotopic (exact) mass is 504 g/mol. The van der Waals surface area contributed by atoms with Crippen LogP contribution in [0.1, 0.15) is 38.0 Å². The fraction of sp³-hybridized carbons (Fsp3) is 0.333. The number of benzene rings is 2. The number of nitro groups is 1. The molecule has 0 radical (unpaired) electrons. The number of aryl methyl sites for hydroxylation is 1. The van der Waals surface area contributed by atoms with Crippen LogP contribution < -0.4 is 0 Å². The van der Waals surface area contributed by atoms with Crippen LogP contribution in [0.15, 0.2) is 60.0 Å². The molecule has 2 amide bonds. The molecule has 1 saturated heterocycles. The van der Waals surface area contributed by atoms with E-state index in [1.165, 1.54) is 45.8 Å². The Morgan fingerprint density at radius 1 is 0.944 bits per heavy atom. The Kier molecular flexibility index (Phi) is 6.84. The topological polar surface area (TPSA) is 87.0 Å². The number of carbonyl (C=O) groups excluding carboxylic acids is 2. The van der Waals surface area contributed by atoms with E-state index < -0.39 is 4.92 Å². The van der Waals surface area contributed by atoms with Gasteiger partial charge in [0.15, 0.2) is 0 Å². The molecule has 0 spiro atoms. The largest absolute Gasteiger partial charge is 0.338 e. The standard InChI is InChI=1S/C27H28N4O4S/c1-19-4-2-3-5-22(19)26-23-11-17-36-24(23)10-12-30(26)18-25(32)28-13-15-29(16-14-28)27(33)20-6-8-21(9-7-20)31(34)35/h2-9,11,17,26H,10,12-16,18H2,1H3. The summed E-state index contributed by atoms with van der Waals surface area (Å²) in [5.41, 5.74) is 4.13. The number of hydrogen-bond acceptors (Lipinski definition) is 6. The fourth-order valence-electron chi connectivity index (χ4n) is 5.14. The highest BCUT2D eigenvalue weighted by molar-refractivity contribution is 7.10. The third kappa shape index (κ3) is 4.76. The van der Waals surface area contributed by atoms with E-state index in [4.69, 9.17) is 0 Å². The predicted octanol–water partition coefficient (Wildman–Crippen LogP) is 3.90. The molecular weight excluding hydrogens is 476 g/mol. The number of nitrogens with zero attached hydrogens (tertiary/aromatic N) is 4. The van der Waals surface area contributed by atoms with Crippen LogP contribution in [-0.4, -0.2) is 70.7 Å². The first-order valence-corrected chi connectivity index (χ1v) is 13.0. The Labute approximate surface area is 213 Å². The summed E-state index contributed by atoms with van der Waals surface area (Å²) in [7, 11) is 0. The van der Waals surface area contributed by atoms with Crippen molar-refractivity contribution in [2.24, 2.45) is 0 Å². The van der Waals surface area contributed by atoms with E-state index in [2.05, 4.69) is 41.5 Å². The summed E-state index contributed by atoms with van der Waals surface area (Å²) in [6.07, 6.45) is 0.945. The quantitative estimate of drug-likeness (QED) is 0.389. The highest BCUT2D eigenvalue weighted by Gasteiger charge is 2.33. The fourth-order valence-corrected chi connectivity index (χ4v) is 6.04. The molecule has 1 atom stereocenters. The molecule has 2 aliphatic heterocycles. The zero-order valence-electron chi connectivity index (χ0n) is 20.1. The molecule has 1 fully saturated rings. The normalized spacial score (nSPS) is 18.1. The number of amides is 2. The molecule has 36 heavy (non-hydrogen) atoms. The van der Waals surface area contributed by atoms with Crippen molar-refractivity contribution < 1.29 is 14.5 Å². The van der Waals surface area contributed by atoms with Crippen molar-refractivity contribution in [3.63, 3.8) is 0 Å². The number of non-ortho nitro benzene ring substituents is 1. The molecule has 8 nitrogen and oxygen atoms in total. The maximum absolute atomic E-state index is 13.3. The van der Waals surface area contributed by atoms with Crippen LogP contribution >= 0.6 is 11.3 Å². The van der Waals surface area contributed by atoms with Gasteiger partial charge in [0.25, 0.3) is 11.6 Å². The third-order valence-corrected chi connectivity index (χ3v) is 8.13. The van der Waals surface area contributed by atoms with Gasteiger partial charge >= 0.3 is 0 Å². The predicted molar refractivity (Wildman–Crippen MR) is 138 cm³/mol. The van der Waals surface area contributed by atoms with Gasteiger partial charge in [0.05, 0.1) is 17.5 Å². The van der Waals surface area contributed by atoms with Crippen molar-refractivity contribution in [3.05, 3.63) is 97.2 Å². The van der Waals surface area contributed by atoms with Crippen LogP contribution in [0.4, 0.5) is 5.69 Å².